The molecule has 0 atom stereocenters. The topological polar surface area (TPSA) is 114 Å². The number of nitrogen functional groups attached to an aromatic ring is 1. The fourth-order valence-corrected chi connectivity index (χ4v) is 2.48. The van der Waals surface area contributed by atoms with E-state index in [-0.39, 0.29) is 11.6 Å². The molecule has 0 radical (unpaired) electrons. The van der Waals surface area contributed by atoms with E-state index in [9.17, 15) is 4.79 Å². The zero-order chi connectivity index (χ0) is 20.5. The van der Waals surface area contributed by atoms with Crippen LogP contribution in [0.5, 0.6) is 5.75 Å². The molecule has 0 aliphatic carbocycles. The summed E-state index contributed by atoms with van der Waals surface area (Å²) in [7, 11) is 0. The summed E-state index contributed by atoms with van der Waals surface area (Å²) in [5.41, 5.74) is 13.1. The fraction of sp³-hybridized carbons (Fsp3) is 0.190. The molecule has 0 aliphatic heterocycles. The highest BCUT2D eigenvalue weighted by Gasteiger charge is 2.10. The van der Waals surface area contributed by atoms with E-state index >= 15 is 0 Å². The van der Waals surface area contributed by atoms with Crippen LogP contribution >= 0.6 is 0 Å². The first-order valence-corrected chi connectivity index (χ1v) is 9.39. The second-order valence-electron chi connectivity index (χ2n) is 6.28. The Bertz CT molecular complexity index is 932. The lowest BCUT2D eigenvalue weighted by atomic mass is 10.2. The van der Waals surface area contributed by atoms with E-state index in [2.05, 4.69) is 33.1 Å². The van der Waals surface area contributed by atoms with Gasteiger partial charge in [-0.2, -0.15) is 0 Å². The summed E-state index contributed by atoms with van der Waals surface area (Å²) in [4.78, 5) is 20.4. The van der Waals surface area contributed by atoms with Crippen molar-refractivity contribution < 1.29 is 9.53 Å². The standard InChI is InChI=1S/C21H24N6O2/c1-2-3-13-29-17-11-9-16(10-12-17)25-19-18(22)20(24-14-23-19)26-27-21(28)15-7-5-4-6-8-15/h4-12,14H,2-3,13,22H2,1H3,(H,27,28)(H2,23,24,25,26). The second-order valence-corrected chi connectivity index (χ2v) is 6.28. The van der Waals surface area contributed by atoms with Crippen LogP contribution in [0.1, 0.15) is 30.1 Å². The van der Waals surface area contributed by atoms with Crippen LogP contribution in [-0.2, 0) is 0 Å². The van der Waals surface area contributed by atoms with E-state index in [0.29, 0.717) is 23.8 Å². The summed E-state index contributed by atoms with van der Waals surface area (Å²) < 4.78 is 5.66. The van der Waals surface area contributed by atoms with Gasteiger partial charge in [-0.3, -0.25) is 15.6 Å². The maximum absolute atomic E-state index is 12.1. The summed E-state index contributed by atoms with van der Waals surface area (Å²) in [5, 5.41) is 3.14. The van der Waals surface area contributed by atoms with Crippen LogP contribution in [0.2, 0.25) is 0 Å². The molecule has 0 aliphatic rings. The normalized spacial score (nSPS) is 10.2. The number of nitrogens with one attached hydrogen (secondary N) is 3. The second kappa shape index (κ2) is 9.93. The van der Waals surface area contributed by atoms with Gasteiger partial charge in [-0.15, -0.1) is 0 Å². The molecular weight excluding hydrogens is 368 g/mol. The van der Waals surface area contributed by atoms with E-state index in [1.54, 1.807) is 24.3 Å². The summed E-state index contributed by atoms with van der Waals surface area (Å²) in [6.07, 6.45) is 3.47. The molecule has 150 valence electrons. The number of rotatable bonds is 9. The number of ether oxygens (including phenoxy) is 1. The molecule has 0 fully saturated rings. The molecule has 5 N–H and O–H groups in total. The van der Waals surface area contributed by atoms with Crippen molar-refractivity contribution in [2.24, 2.45) is 0 Å². The molecule has 1 amide bonds. The largest absolute Gasteiger partial charge is 0.494 e. The van der Waals surface area contributed by atoms with Crippen LogP contribution in [0.3, 0.4) is 0 Å². The molecule has 1 heterocycles. The molecule has 8 heteroatoms. The summed E-state index contributed by atoms with van der Waals surface area (Å²) >= 11 is 0. The molecule has 8 nitrogen and oxygen atoms in total. The first kappa shape index (κ1) is 19.9. The van der Waals surface area contributed by atoms with E-state index < -0.39 is 0 Å². The van der Waals surface area contributed by atoms with Crippen LogP contribution in [0.4, 0.5) is 23.0 Å². The summed E-state index contributed by atoms with van der Waals surface area (Å²) in [5.74, 6) is 1.24. The molecule has 1 aromatic heterocycles. The van der Waals surface area contributed by atoms with Crippen LogP contribution in [-0.4, -0.2) is 22.5 Å². The number of hydrogen-bond acceptors (Lipinski definition) is 7. The minimum Gasteiger partial charge on any atom is -0.494 e. The number of nitrogens with zero attached hydrogens (tertiary/aromatic N) is 2. The van der Waals surface area contributed by atoms with E-state index in [1.165, 1.54) is 6.33 Å². The third-order valence-electron chi connectivity index (χ3n) is 4.10. The Morgan fingerprint density at radius 1 is 1.03 bits per heavy atom. The van der Waals surface area contributed by atoms with E-state index in [0.717, 1.165) is 24.3 Å². The van der Waals surface area contributed by atoms with Crippen LogP contribution in [0.15, 0.2) is 60.9 Å². The number of nitrogens with two attached hydrogens (primary N) is 1. The van der Waals surface area contributed by atoms with Crippen molar-refractivity contribution in [2.45, 2.75) is 19.8 Å². The quantitative estimate of drug-likeness (QED) is 0.324. The van der Waals surface area contributed by atoms with Gasteiger partial charge in [-0.05, 0) is 42.8 Å². The Balaban J connectivity index is 1.62. The van der Waals surface area contributed by atoms with Gasteiger partial charge < -0.3 is 15.8 Å². The smallest absolute Gasteiger partial charge is 0.269 e. The number of carbonyl (C=O) groups is 1. The average molecular weight is 392 g/mol. The van der Waals surface area contributed by atoms with Crippen LogP contribution in [0.25, 0.3) is 0 Å². The maximum atomic E-state index is 12.1. The van der Waals surface area contributed by atoms with Crippen molar-refractivity contribution in [3.63, 3.8) is 0 Å². The van der Waals surface area contributed by atoms with Gasteiger partial charge in [0.25, 0.3) is 5.91 Å². The van der Waals surface area contributed by atoms with Gasteiger partial charge in [-0.25, -0.2) is 9.97 Å². The molecule has 0 saturated carbocycles. The molecule has 0 bridgehead atoms. The SMILES string of the molecule is CCCCOc1ccc(Nc2ncnc(NNC(=O)c3ccccc3)c2N)cc1. The number of carbonyl (C=O) groups excluding carboxylic acids is 1. The Morgan fingerprint density at radius 3 is 2.48 bits per heavy atom. The Morgan fingerprint density at radius 2 is 1.76 bits per heavy atom. The number of hydrazine groups is 1. The minimum absolute atomic E-state index is 0.282. The van der Waals surface area contributed by atoms with Gasteiger partial charge in [0.05, 0.1) is 6.61 Å². The highest BCUT2D eigenvalue weighted by Crippen LogP contribution is 2.26. The zero-order valence-electron chi connectivity index (χ0n) is 16.2. The maximum Gasteiger partial charge on any atom is 0.269 e. The van der Waals surface area contributed by atoms with Gasteiger partial charge in [0.1, 0.15) is 17.8 Å². The Kier molecular flexibility index (Phi) is 6.83. The predicted octanol–water partition coefficient (Wildman–Crippen LogP) is 3.74. The van der Waals surface area contributed by atoms with Gasteiger partial charge in [0.15, 0.2) is 11.6 Å². The van der Waals surface area contributed by atoms with Crippen molar-refractivity contribution in [3.05, 3.63) is 66.5 Å². The van der Waals surface area contributed by atoms with E-state index in [1.807, 2.05) is 30.3 Å². The molecule has 0 unspecified atom stereocenters. The molecule has 29 heavy (non-hydrogen) atoms. The molecule has 0 spiro atoms. The van der Waals surface area contributed by atoms with Crippen molar-refractivity contribution >= 4 is 28.9 Å². The van der Waals surface area contributed by atoms with Gasteiger partial charge >= 0.3 is 0 Å². The first-order chi connectivity index (χ1) is 14.2. The van der Waals surface area contributed by atoms with Gasteiger partial charge in [0, 0.05) is 11.3 Å². The van der Waals surface area contributed by atoms with Gasteiger partial charge in [0.2, 0.25) is 0 Å². The lowest BCUT2D eigenvalue weighted by Gasteiger charge is -2.13. The number of anilines is 4. The highest BCUT2D eigenvalue weighted by atomic mass is 16.5. The highest BCUT2D eigenvalue weighted by molar-refractivity contribution is 5.95. The Hall–Kier alpha value is -3.81. The fourth-order valence-electron chi connectivity index (χ4n) is 2.48. The number of unbranched alkanes of at least 4 members (excludes halogenated alkanes) is 1. The molecule has 2 aromatic carbocycles. The zero-order valence-corrected chi connectivity index (χ0v) is 16.2. The van der Waals surface area contributed by atoms with Crippen molar-refractivity contribution in [3.8, 4) is 5.75 Å². The van der Waals surface area contributed by atoms with E-state index in [4.69, 9.17) is 10.5 Å². The number of amides is 1. The lowest BCUT2D eigenvalue weighted by molar-refractivity contribution is 0.0962. The number of benzene rings is 2. The van der Waals surface area contributed by atoms with Crippen LogP contribution in [0, 0.1) is 0 Å². The predicted molar refractivity (Wildman–Crippen MR) is 114 cm³/mol. The molecule has 3 rings (SSSR count). The van der Waals surface area contributed by atoms with Gasteiger partial charge in [-0.1, -0.05) is 31.5 Å². The minimum atomic E-state index is -0.295. The summed E-state index contributed by atoms with van der Waals surface area (Å²) in [6.45, 7) is 2.82. The monoisotopic (exact) mass is 392 g/mol. The number of hydrogen-bond donors (Lipinski definition) is 4. The lowest BCUT2D eigenvalue weighted by Crippen LogP contribution is -2.30. The van der Waals surface area contributed by atoms with Crippen molar-refractivity contribution in [1.29, 1.82) is 0 Å². The average Bonchev–Trinajstić information content (AvgIpc) is 2.76. The molecule has 0 saturated heterocycles. The van der Waals surface area contributed by atoms with Crippen LogP contribution < -0.4 is 26.6 Å². The summed E-state index contributed by atoms with van der Waals surface area (Å²) in [6, 6.07) is 16.4. The third-order valence-corrected chi connectivity index (χ3v) is 4.10. The molecule has 3 aromatic rings. The molecular formula is C21H24N6O2. The first-order valence-electron chi connectivity index (χ1n) is 9.39. The third kappa shape index (κ3) is 5.58. The Labute approximate surface area is 169 Å². The number of aromatic nitrogens is 2. The van der Waals surface area contributed by atoms with Crippen molar-refractivity contribution in [2.75, 3.05) is 23.1 Å². The van der Waals surface area contributed by atoms with Crippen molar-refractivity contribution in [1.82, 2.24) is 15.4 Å².